The molecular formula is C14H10F6N2. The van der Waals surface area contributed by atoms with Gasteiger partial charge in [0.25, 0.3) is 0 Å². The molecule has 0 aromatic heterocycles. The van der Waals surface area contributed by atoms with Crippen LogP contribution in [-0.2, 0) is 12.4 Å². The van der Waals surface area contributed by atoms with Crippen molar-refractivity contribution in [1.29, 1.82) is 0 Å². The second-order valence-corrected chi connectivity index (χ2v) is 4.60. The normalized spacial score (nSPS) is 12.5. The summed E-state index contributed by atoms with van der Waals surface area (Å²) in [5.74, 6) is 0. The van der Waals surface area contributed by atoms with Crippen LogP contribution in [0.15, 0.2) is 36.4 Å². The van der Waals surface area contributed by atoms with Crippen LogP contribution in [0.5, 0.6) is 0 Å². The van der Waals surface area contributed by atoms with Gasteiger partial charge in [-0.1, -0.05) is 12.1 Å². The Hall–Kier alpha value is -2.38. The molecule has 2 nitrogen and oxygen atoms in total. The van der Waals surface area contributed by atoms with E-state index in [9.17, 15) is 26.3 Å². The van der Waals surface area contributed by atoms with Crippen LogP contribution in [0, 0.1) is 0 Å². The van der Waals surface area contributed by atoms with Gasteiger partial charge in [-0.3, -0.25) is 0 Å². The molecule has 0 atom stereocenters. The number of anilines is 2. The maximum absolute atomic E-state index is 13.0. The molecule has 0 aliphatic carbocycles. The molecule has 118 valence electrons. The Bertz CT molecular complexity index is 703. The van der Waals surface area contributed by atoms with E-state index in [2.05, 4.69) is 0 Å². The van der Waals surface area contributed by atoms with Crippen molar-refractivity contribution in [1.82, 2.24) is 0 Å². The summed E-state index contributed by atoms with van der Waals surface area (Å²) in [5, 5.41) is 0. The summed E-state index contributed by atoms with van der Waals surface area (Å²) in [6.45, 7) is 0. The van der Waals surface area contributed by atoms with E-state index in [0.717, 1.165) is 18.2 Å². The van der Waals surface area contributed by atoms with Crippen LogP contribution in [0.25, 0.3) is 11.1 Å². The zero-order valence-electron chi connectivity index (χ0n) is 10.9. The molecular weight excluding hydrogens is 310 g/mol. The first kappa shape index (κ1) is 16.0. The molecule has 8 heteroatoms. The summed E-state index contributed by atoms with van der Waals surface area (Å²) in [7, 11) is 0. The summed E-state index contributed by atoms with van der Waals surface area (Å²) in [4.78, 5) is 0. The van der Waals surface area contributed by atoms with Crippen molar-refractivity contribution in [3.05, 3.63) is 47.5 Å². The molecule has 22 heavy (non-hydrogen) atoms. The Morgan fingerprint density at radius 2 is 1.27 bits per heavy atom. The lowest BCUT2D eigenvalue weighted by molar-refractivity contribution is -0.137. The zero-order chi connectivity index (χ0) is 16.7. The number of benzene rings is 2. The van der Waals surface area contributed by atoms with Crippen LogP contribution in [0.3, 0.4) is 0 Å². The lowest BCUT2D eigenvalue weighted by atomic mass is 9.96. The monoisotopic (exact) mass is 320 g/mol. The highest BCUT2D eigenvalue weighted by molar-refractivity contribution is 5.73. The van der Waals surface area contributed by atoms with E-state index >= 15 is 0 Å². The van der Waals surface area contributed by atoms with Crippen LogP contribution in [-0.4, -0.2) is 0 Å². The van der Waals surface area contributed by atoms with Gasteiger partial charge < -0.3 is 11.5 Å². The number of alkyl halides is 6. The molecule has 0 heterocycles. The number of halogens is 6. The molecule has 0 spiro atoms. The highest BCUT2D eigenvalue weighted by Crippen LogP contribution is 2.41. The Kier molecular flexibility index (Phi) is 3.72. The van der Waals surface area contributed by atoms with Gasteiger partial charge in [-0.25, -0.2) is 0 Å². The third kappa shape index (κ3) is 3.10. The second kappa shape index (κ2) is 5.11. The quantitative estimate of drug-likeness (QED) is 0.598. The Labute approximate surface area is 121 Å². The molecule has 4 N–H and O–H groups in total. The second-order valence-electron chi connectivity index (χ2n) is 4.60. The standard InChI is InChI=1S/C14H10F6N2/c15-13(16,17)10-6-8(21)2-3-9(10)7-1-4-12(22)11(5-7)14(18,19)20/h1-6H,21-22H2. The lowest BCUT2D eigenvalue weighted by Crippen LogP contribution is -2.10. The minimum Gasteiger partial charge on any atom is -0.399 e. The van der Waals surface area contributed by atoms with Crippen molar-refractivity contribution in [2.45, 2.75) is 12.4 Å². The lowest BCUT2D eigenvalue weighted by Gasteiger charge is -2.16. The SMILES string of the molecule is Nc1ccc(-c2ccc(N)c(C(F)(F)F)c2)c(C(F)(F)F)c1. The first-order valence-corrected chi connectivity index (χ1v) is 5.94. The third-order valence-electron chi connectivity index (χ3n) is 3.02. The third-order valence-corrected chi connectivity index (χ3v) is 3.02. The largest absolute Gasteiger partial charge is 0.418 e. The van der Waals surface area contributed by atoms with Gasteiger partial charge in [-0.15, -0.1) is 0 Å². The average molecular weight is 320 g/mol. The topological polar surface area (TPSA) is 52.0 Å². The summed E-state index contributed by atoms with van der Waals surface area (Å²) >= 11 is 0. The number of rotatable bonds is 1. The molecule has 0 radical (unpaired) electrons. The fraction of sp³-hybridized carbons (Fsp3) is 0.143. The maximum atomic E-state index is 13.0. The molecule has 0 aliphatic rings. The van der Waals surface area contributed by atoms with Gasteiger partial charge in [0.05, 0.1) is 11.1 Å². The van der Waals surface area contributed by atoms with Crippen molar-refractivity contribution in [3.8, 4) is 11.1 Å². The molecule has 0 saturated heterocycles. The first-order valence-electron chi connectivity index (χ1n) is 5.94. The van der Waals surface area contributed by atoms with Gasteiger partial charge >= 0.3 is 12.4 Å². The summed E-state index contributed by atoms with van der Waals surface area (Å²) in [6, 6.07) is 5.52. The highest BCUT2D eigenvalue weighted by Gasteiger charge is 2.36. The first-order chi connectivity index (χ1) is 10.00. The minimum absolute atomic E-state index is 0.137. The van der Waals surface area contributed by atoms with E-state index in [1.807, 2.05) is 0 Å². The summed E-state index contributed by atoms with van der Waals surface area (Å²) < 4.78 is 77.5. The van der Waals surface area contributed by atoms with E-state index in [0.29, 0.717) is 12.1 Å². The predicted molar refractivity (Wildman–Crippen MR) is 70.7 cm³/mol. The highest BCUT2D eigenvalue weighted by atomic mass is 19.4. The summed E-state index contributed by atoms with van der Waals surface area (Å²) in [5.41, 5.74) is 6.94. The van der Waals surface area contributed by atoms with Gasteiger partial charge in [0, 0.05) is 11.4 Å². The molecule has 0 fully saturated rings. The van der Waals surface area contributed by atoms with Crippen molar-refractivity contribution in [2.75, 3.05) is 11.5 Å². The Balaban J connectivity index is 2.68. The average Bonchev–Trinajstić information content (AvgIpc) is 2.37. The number of hydrogen-bond acceptors (Lipinski definition) is 2. The fourth-order valence-corrected chi connectivity index (χ4v) is 2.02. The number of nitrogen functional groups attached to an aromatic ring is 2. The van der Waals surface area contributed by atoms with Crippen LogP contribution < -0.4 is 11.5 Å². The van der Waals surface area contributed by atoms with Gasteiger partial charge in [0.1, 0.15) is 0 Å². The van der Waals surface area contributed by atoms with Gasteiger partial charge in [-0.05, 0) is 35.4 Å². The van der Waals surface area contributed by atoms with E-state index in [4.69, 9.17) is 11.5 Å². The van der Waals surface area contributed by atoms with E-state index < -0.39 is 34.7 Å². The van der Waals surface area contributed by atoms with Gasteiger partial charge in [0.2, 0.25) is 0 Å². The summed E-state index contributed by atoms with van der Waals surface area (Å²) in [6.07, 6.45) is -9.50. The minimum atomic E-state index is -4.76. The molecule has 0 aliphatic heterocycles. The van der Waals surface area contributed by atoms with Crippen molar-refractivity contribution in [3.63, 3.8) is 0 Å². The number of hydrogen-bond donors (Lipinski definition) is 2. The number of nitrogens with two attached hydrogens (primary N) is 2. The molecule has 0 unspecified atom stereocenters. The van der Waals surface area contributed by atoms with Crippen LogP contribution in [0.1, 0.15) is 11.1 Å². The smallest absolute Gasteiger partial charge is 0.399 e. The molecule has 2 aromatic rings. The predicted octanol–water partition coefficient (Wildman–Crippen LogP) is 4.56. The molecule has 2 aromatic carbocycles. The van der Waals surface area contributed by atoms with E-state index in [-0.39, 0.29) is 11.3 Å². The van der Waals surface area contributed by atoms with E-state index in [1.165, 1.54) is 6.07 Å². The van der Waals surface area contributed by atoms with Crippen LogP contribution in [0.2, 0.25) is 0 Å². The van der Waals surface area contributed by atoms with Crippen molar-refractivity contribution >= 4 is 11.4 Å². The fourth-order valence-electron chi connectivity index (χ4n) is 2.02. The molecule has 0 bridgehead atoms. The van der Waals surface area contributed by atoms with Crippen LogP contribution in [0.4, 0.5) is 37.7 Å². The van der Waals surface area contributed by atoms with E-state index in [1.54, 1.807) is 0 Å². The zero-order valence-corrected chi connectivity index (χ0v) is 10.9. The van der Waals surface area contributed by atoms with Gasteiger partial charge in [0.15, 0.2) is 0 Å². The maximum Gasteiger partial charge on any atom is 0.418 e. The van der Waals surface area contributed by atoms with Crippen molar-refractivity contribution in [2.24, 2.45) is 0 Å². The Morgan fingerprint density at radius 3 is 1.82 bits per heavy atom. The van der Waals surface area contributed by atoms with Crippen LogP contribution >= 0.6 is 0 Å². The Morgan fingerprint density at radius 1 is 0.682 bits per heavy atom. The van der Waals surface area contributed by atoms with Gasteiger partial charge in [-0.2, -0.15) is 26.3 Å². The molecule has 0 amide bonds. The molecule has 2 rings (SSSR count). The van der Waals surface area contributed by atoms with Crippen molar-refractivity contribution < 1.29 is 26.3 Å². The molecule has 0 saturated carbocycles.